The van der Waals surface area contributed by atoms with Crippen LogP contribution in [0, 0.1) is 0 Å². The number of carbonyl (C=O) groups excluding carboxylic acids is 1. The van der Waals surface area contributed by atoms with E-state index in [1.807, 2.05) is 0 Å². The van der Waals surface area contributed by atoms with Gasteiger partial charge in [-0.05, 0) is 31.0 Å². The van der Waals surface area contributed by atoms with Crippen molar-refractivity contribution in [1.82, 2.24) is 4.90 Å². The van der Waals surface area contributed by atoms with Crippen molar-refractivity contribution in [1.29, 1.82) is 0 Å². The lowest BCUT2D eigenvalue weighted by Crippen LogP contribution is -2.41. The number of likely N-dealkylation sites (tertiary alicyclic amines) is 1. The summed E-state index contributed by atoms with van der Waals surface area (Å²) in [6, 6.07) is 4.91. The van der Waals surface area contributed by atoms with Gasteiger partial charge in [-0.1, -0.05) is 23.2 Å². The van der Waals surface area contributed by atoms with E-state index in [2.05, 4.69) is 0 Å². The van der Waals surface area contributed by atoms with Crippen LogP contribution in [0.1, 0.15) is 12.8 Å². The maximum atomic E-state index is 11.9. The van der Waals surface area contributed by atoms with Gasteiger partial charge in [-0.15, -0.1) is 11.6 Å². The monoisotopic (exact) mass is 321 g/mol. The molecule has 0 N–H and O–H groups in total. The van der Waals surface area contributed by atoms with E-state index in [-0.39, 0.29) is 17.9 Å². The van der Waals surface area contributed by atoms with Crippen LogP contribution >= 0.6 is 34.8 Å². The Labute approximate surface area is 127 Å². The van der Waals surface area contributed by atoms with Gasteiger partial charge in [0, 0.05) is 23.5 Å². The number of ether oxygens (including phenoxy) is 1. The van der Waals surface area contributed by atoms with Gasteiger partial charge in [-0.2, -0.15) is 0 Å². The zero-order chi connectivity index (χ0) is 13.8. The van der Waals surface area contributed by atoms with Gasteiger partial charge in [0.25, 0.3) is 5.91 Å². The number of amides is 1. The second-order valence-electron chi connectivity index (χ2n) is 4.42. The molecular weight excluding hydrogens is 309 g/mol. The van der Waals surface area contributed by atoms with Crippen LogP contribution in [0.5, 0.6) is 5.75 Å². The van der Waals surface area contributed by atoms with Gasteiger partial charge >= 0.3 is 0 Å². The molecule has 3 nitrogen and oxygen atoms in total. The Morgan fingerprint density at radius 2 is 2.00 bits per heavy atom. The second-order valence-corrected chi connectivity index (χ2v) is 5.88. The summed E-state index contributed by atoms with van der Waals surface area (Å²) in [5.41, 5.74) is 0. The molecule has 1 heterocycles. The Bertz CT molecular complexity index is 459. The average molecular weight is 323 g/mol. The Kier molecular flexibility index (Phi) is 5.20. The molecule has 0 unspecified atom stereocenters. The minimum Gasteiger partial charge on any atom is -0.482 e. The Hall–Kier alpha value is -0.640. The van der Waals surface area contributed by atoms with Gasteiger partial charge in [0.15, 0.2) is 6.61 Å². The summed E-state index contributed by atoms with van der Waals surface area (Å²) in [5.74, 6) is 0.418. The summed E-state index contributed by atoms with van der Waals surface area (Å²) in [5, 5.41) is 1.11. The molecule has 19 heavy (non-hydrogen) atoms. The topological polar surface area (TPSA) is 29.5 Å². The first-order valence-corrected chi connectivity index (χ1v) is 7.25. The molecule has 0 aliphatic carbocycles. The van der Waals surface area contributed by atoms with Crippen LogP contribution in [0.2, 0.25) is 10.0 Å². The van der Waals surface area contributed by atoms with Crippen molar-refractivity contribution in [2.75, 3.05) is 19.7 Å². The number of hydrogen-bond donors (Lipinski definition) is 0. The minimum absolute atomic E-state index is 0.0195. The van der Waals surface area contributed by atoms with Gasteiger partial charge in [0.1, 0.15) is 5.75 Å². The lowest BCUT2D eigenvalue weighted by atomic mass is 10.1. The summed E-state index contributed by atoms with van der Waals surface area (Å²) in [6.45, 7) is 1.35. The first-order chi connectivity index (χ1) is 9.06. The predicted molar refractivity (Wildman–Crippen MR) is 77.4 cm³/mol. The fourth-order valence-corrected chi connectivity index (χ4v) is 2.58. The molecule has 1 saturated heterocycles. The molecule has 1 aliphatic rings. The van der Waals surface area contributed by atoms with Crippen molar-refractivity contribution in [3.8, 4) is 5.75 Å². The molecule has 0 spiro atoms. The van der Waals surface area contributed by atoms with Crippen LogP contribution in [0.3, 0.4) is 0 Å². The molecule has 0 atom stereocenters. The molecule has 1 fully saturated rings. The molecule has 1 aromatic carbocycles. The summed E-state index contributed by atoms with van der Waals surface area (Å²) < 4.78 is 5.42. The van der Waals surface area contributed by atoms with Gasteiger partial charge < -0.3 is 9.64 Å². The number of hydrogen-bond acceptors (Lipinski definition) is 2. The van der Waals surface area contributed by atoms with Gasteiger partial charge in [0.05, 0.1) is 5.02 Å². The molecule has 1 aromatic rings. The first kappa shape index (κ1) is 14.8. The normalized spacial score (nSPS) is 16.5. The second kappa shape index (κ2) is 6.69. The van der Waals surface area contributed by atoms with Crippen LogP contribution < -0.4 is 4.74 Å². The third-order valence-electron chi connectivity index (χ3n) is 3.02. The number of rotatable bonds is 3. The standard InChI is InChI=1S/C13H14Cl3NO2/c14-9-3-5-17(6-4-9)13(18)8-19-12-2-1-10(15)7-11(12)16/h1-2,7,9H,3-6,8H2. The van der Waals surface area contributed by atoms with E-state index in [9.17, 15) is 4.79 Å². The van der Waals surface area contributed by atoms with Crippen molar-refractivity contribution >= 4 is 40.7 Å². The Morgan fingerprint density at radius 3 is 2.63 bits per heavy atom. The average Bonchev–Trinajstić information content (AvgIpc) is 2.38. The number of benzene rings is 1. The lowest BCUT2D eigenvalue weighted by molar-refractivity contribution is -0.134. The van der Waals surface area contributed by atoms with E-state index in [4.69, 9.17) is 39.5 Å². The van der Waals surface area contributed by atoms with Crippen LogP contribution in [0.25, 0.3) is 0 Å². The Morgan fingerprint density at radius 1 is 1.32 bits per heavy atom. The summed E-state index contributed by atoms with van der Waals surface area (Å²) in [4.78, 5) is 13.7. The number of alkyl halides is 1. The molecule has 0 radical (unpaired) electrons. The third kappa shape index (κ3) is 4.16. The molecule has 0 bridgehead atoms. The highest BCUT2D eigenvalue weighted by Gasteiger charge is 2.21. The highest BCUT2D eigenvalue weighted by molar-refractivity contribution is 6.35. The van der Waals surface area contributed by atoms with Crippen LogP contribution in [0.4, 0.5) is 0 Å². The number of halogens is 3. The molecule has 2 rings (SSSR count). The highest BCUT2D eigenvalue weighted by Crippen LogP contribution is 2.27. The van der Waals surface area contributed by atoms with E-state index in [1.54, 1.807) is 23.1 Å². The molecule has 0 saturated carbocycles. The van der Waals surface area contributed by atoms with E-state index in [0.717, 1.165) is 12.8 Å². The maximum absolute atomic E-state index is 11.9. The number of carbonyl (C=O) groups is 1. The highest BCUT2D eigenvalue weighted by atomic mass is 35.5. The van der Waals surface area contributed by atoms with Crippen molar-refractivity contribution in [3.63, 3.8) is 0 Å². The fraction of sp³-hybridized carbons (Fsp3) is 0.462. The minimum atomic E-state index is -0.0467. The molecule has 104 valence electrons. The van der Waals surface area contributed by atoms with E-state index in [1.165, 1.54) is 0 Å². The van der Waals surface area contributed by atoms with Crippen molar-refractivity contribution in [3.05, 3.63) is 28.2 Å². The van der Waals surface area contributed by atoms with Crippen molar-refractivity contribution < 1.29 is 9.53 Å². The predicted octanol–water partition coefficient (Wildman–Crippen LogP) is 3.60. The van der Waals surface area contributed by atoms with Gasteiger partial charge in [0.2, 0.25) is 0 Å². The zero-order valence-corrected chi connectivity index (χ0v) is 12.5. The number of nitrogens with zero attached hydrogens (tertiary/aromatic N) is 1. The van der Waals surface area contributed by atoms with E-state index in [0.29, 0.717) is 28.9 Å². The summed E-state index contributed by atoms with van der Waals surface area (Å²) >= 11 is 17.7. The summed E-state index contributed by atoms with van der Waals surface area (Å²) in [7, 11) is 0. The molecular formula is C13H14Cl3NO2. The molecule has 1 amide bonds. The summed E-state index contributed by atoms with van der Waals surface area (Å²) in [6.07, 6.45) is 1.66. The van der Waals surface area contributed by atoms with Crippen LogP contribution in [-0.4, -0.2) is 35.9 Å². The number of piperidine rings is 1. The van der Waals surface area contributed by atoms with Crippen LogP contribution in [-0.2, 0) is 4.79 Å². The smallest absolute Gasteiger partial charge is 0.260 e. The lowest BCUT2D eigenvalue weighted by Gasteiger charge is -2.29. The Balaban J connectivity index is 1.86. The molecule has 1 aliphatic heterocycles. The fourth-order valence-electron chi connectivity index (χ4n) is 1.92. The van der Waals surface area contributed by atoms with Crippen LogP contribution in [0.15, 0.2) is 18.2 Å². The first-order valence-electron chi connectivity index (χ1n) is 6.06. The zero-order valence-electron chi connectivity index (χ0n) is 10.2. The maximum Gasteiger partial charge on any atom is 0.260 e. The molecule has 0 aromatic heterocycles. The van der Waals surface area contributed by atoms with Crippen molar-refractivity contribution in [2.24, 2.45) is 0 Å². The third-order valence-corrected chi connectivity index (χ3v) is 3.99. The molecule has 6 heteroatoms. The van der Waals surface area contributed by atoms with Gasteiger partial charge in [-0.25, -0.2) is 0 Å². The largest absolute Gasteiger partial charge is 0.482 e. The van der Waals surface area contributed by atoms with Gasteiger partial charge in [-0.3, -0.25) is 4.79 Å². The SMILES string of the molecule is O=C(COc1ccc(Cl)cc1Cl)N1CCC(Cl)CC1. The van der Waals surface area contributed by atoms with Crippen molar-refractivity contribution in [2.45, 2.75) is 18.2 Å². The quantitative estimate of drug-likeness (QED) is 0.796. The van der Waals surface area contributed by atoms with E-state index >= 15 is 0 Å². The van der Waals surface area contributed by atoms with E-state index < -0.39 is 0 Å².